The molecule has 0 saturated carbocycles. The molecule has 1 N–H and O–H groups in total. The molecule has 6 nitrogen and oxygen atoms in total. The first-order valence-electron chi connectivity index (χ1n) is 7.70. The van der Waals surface area contributed by atoms with Crippen LogP contribution in [0, 0.1) is 0 Å². The lowest BCUT2D eigenvalue weighted by atomic mass is 10.0. The van der Waals surface area contributed by atoms with Crippen molar-refractivity contribution in [3.8, 4) is 0 Å². The van der Waals surface area contributed by atoms with Crippen LogP contribution in [0.5, 0.6) is 0 Å². The van der Waals surface area contributed by atoms with Crippen LogP contribution in [0.4, 0.5) is 5.69 Å². The number of hydrogen-bond acceptors (Lipinski definition) is 4. The highest BCUT2D eigenvalue weighted by Crippen LogP contribution is 2.25. The van der Waals surface area contributed by atoms with Crippen LogP contribution < -0.4 is 4.72 Å². The molecule has 1 saturated heterocycles. The number of hydrogen-bond donors (Lipinski definition) is 1. The Morgan fingerprint density at radius 1 is 1.39 bits per heavy atom. The lowest BCUT2D eigenvalue weighted by Gasteiger charge is -2.41. The Hall–Kier alpha value is -1.60. The van der Waals surface area contributed by atoms with E-state index in [0.29, 0.717) is 24.3 Å². The van der Waals surface area contributed by atoms with Gasteiger partial charge in [0.25, 0.3) is 5.91 Å². The van der Waals surface area contributed by atoms with Crippen LogP contribution in [0.1, 0.15) is 38.1 Å². The maximum absolute atomic E-state index is 12.9. The third kappa shape index (κ3) is 4.45. The number of anilines is 1. The summed E-state index contributed by atoms with van der Waals surface area (Å²) in [5.74, 6) is -0.237. The van der Waals surface area contributed by atoms with Crippen molar-refractivity contribution in [3.05, 3.63) is 29.8 Å². The smallest absolute Gasteiger partial charge is 0.256 e. The van der Waals surface area contributed by atoms with Crippen LogP contribution in [0.3, 0.4) is 0 Å². The fourth-order valence-electron chi connectivity index (χ4n) is 2.78. The highest BCUT2D eigenvalue weighted by atomic mass is 32.2. The second-order valence-corrected chi connectivity index (χ2v) is 8.44. The quantitative estimate of drug-likeness (QED) is 0.910. The van der Waals surface area contributed by atoms with E-state index in [1.165, 1.54) is 0 Å². The average Bonchev–Trinajstić information content (AvgIpc) is 2.44. The van der Waals surface area contributed by atoms with Crippen molar-refractivity contribution in [1.82, 2.24) is 4.90 Å². The molecule has 23 heavy (non-hydrogen) atoms. The summed E-state index contributed by atoms with van der Waals surface area (Å²) < 4.78 is 31.9. The van der Waals surface area contributed by atoms with Crippen LogP contribution >= 0.6 is 0 Å². The third-order valence-corrected chi connectivity index (χ3v) is 4.95. The molecule has 1 unspecified atom stereocenters. The lowest BCUT2D eigenvalue weighted by Crippen LogP contribution is -2.53. The van der Waals surface area contributed by atoms with Gasteiger partial charge < -0.3 is 9.64 Å². The van der Waals surface area contributed by atoms with Crippen molar-refractivity contribution < 1.29 is 17.9 Å². The fourth-order valence-corrected chi connectivity index (χ4v) is 3.43. The predicted octanol–water partition coefficient (Wildman–Crippen LogP) is 2.09. The van der Waals surface area contributed by atoms with E-state index in [2.05, 4.69) is 4.72 Å². The van der Waals surface area contributed by atoms with E-state index in [1.54, 1.807) is 36.1 Å². The zero-order chi connectivity index (χ0) is 17.3. The lowest BCUT2D eigenvalue weighted by molar-refractivity contribution is -0.118. The van der Waals surface area contributed by atoms with Crippen LogP contribution in [0.2, 0.25) is 0 Å². The highest BCUT2D eigenvalue weighted by Gasteiger charge is 2.34. The van der Waals surface area contributed by atoms with Gasteiger partial charge in [0.05, 0.1) is 28.7 Å². The number of ether oxygens (including phenoxy) is 1. The van der Waals surface area contributed by atoms with Gasteiger partial charge in [-0.05, 0) is 39.8 Å². The van der Waals surface area contributed by atoms with Gasteiger partial charge in [0.1, 0.15) is 0 Å². The number of nitrogens with one attached hydrogen (secondary N) is 1. The minimum absolute atomic E-state index is 0.0445. The Bertz CT molecular complexity index is 685. The SMILES string of the molecule is CCS(=O)(=O)Nc1ccccc1C(=O)N1CC(C)OC(C)(C)C1. The fraction of sp³-hybridized carbons (Fsp3) is 0.562. The summed E-state index contributed by atoms with van der Waals surface area (Å²) in [4.78, 5) is 14.6. The van der Waals surface area contributed by atoms with Crippen molar-refractivity contribution in [3.63, 3.8) is 0 Å². The van der Waals surface area contributed by atoms with Crippen molar-refractivity contribution in [1.29, 1.82) is 0 Å². The zero-order valence-corrected chi connectivity index (χ0v) is 14.8. The van der Waals surface area contributed by atoms with E-state index < -0.39 is 15.6 Å². The molecule has 7 heteroatoms. The molecule has 1 aliphatic heterocycles. The number of sulfonamides is 1. The number of benzene rings is 1. The minimum Gasteiger partial charge on any atom is -0.369 e. The summed E-state index contributed by atoms with van der Waals surface area (Å²) in [6.45, 7) is 8.30. The Kier molecular flexibility index (Phi) is 5.01. The molecule has 1 aliphatic rings. The van der Waals surface area contributed by atoms with E-state index >= 15 is 0 Å². The molecule has 0 bridgehead atoms. The topological polar surface area (TPSA) is 75.7 Å². The van der Waals surface area contributed by atoms with Crippen molar-refractivity contribution in [2.45, 2.75) is 39.4 Å². The van der Waals surface area contributed by atoms with Gasteiger partial charge >= 0.3 is 0 Å². The summed E-state index contributed by atoms with van der Waals surface area (Å²) in [6.07, 6.45) is -0.0674. The third-order valence-electron chi connectivity index (χ3n) is 3.66. The maximum atomic E-state index is 12.9. The first-order chi connectivity index (χ1) is 10.6. The van der Waals surface area contributed by atoms with Gasteiger partial charge in [0, 0.05) is 13.1 Å². The number of carbonyl (C=O) groups excluding carboxylic acids is 1. The molecule has 0 aromatic heterocycles. The summed E-state index contributed by atoms with van der Waals surface area (Å²) in [6, 6.07) is 6.68. The van der Waals surface area contributed by atoms with E-state index in [-0.39, 0.29) is 17.8 Å². The van der Waals surface area contributed by atoms with Crippen molar-refractivity contribution >= 4 is 21.6 Å². The summed E-state index contributed by atoms with van der Waals surface area (Å²) in [5.41, 5.74) is 0.247. The average molecular weight is 340 g/mol. The van der Waals surface area contributed by atoms with Gasteiger partial charge in [0.15, 0.2) is 0 Å². The van der Waals surface area contributed by atoms with Crippen LogP contribution in [-0.2, 0) is 14.8 Å². The molecule has 1 aromatic rings. The second kappa shape index (κ2) is 6.49. The summed E-state index contributed by atoms with van der Waals surface area (Å²) in [5, 5.41) is 0. The Labute approximate surface area is 137 Å². The van der Waals surface area contributed by atoms with Crippen LogP contribution in [-0.4, -0.2) is 49.8 Å². The Morgan fingerprint density at radius 3 is 2.65 bits per heavy atom. The van der Waals surface area contributed by atoms with Gasteiger partial charge in [-0.25, -0.2) is 8.42 Å². The van der Waals surface area contributed by atoms with Gasteiger partial charge in [-0.2, -0.15) is 0 Å². The van der Waals surface area contributed by atoms with Crippen LogP contribution in [0.15, 0.2) is 24.3 Å². The van der Waals surface area contributed by atoms with E-state index in [4.69, 9.17) is 4.74 Å². The number of amides is 1. The van der Waals surface area contributed by atoms with Crippen molar-refractivity contribution in [2.24, 2.45) is 0 Å². The molecule has 1 fully saturated rings. The van der Waals surface area contributed by atoms with Gasteiger partial charge in [-0.3, -0.25) is 9.52 Å². The van der Waals surface area contributed by atoms with Crippen LogP contribution in [0.25, 0.3) is 0 Å². The zero-order valence-electron chi connectivity index (χ0n) is 14.0. The number of nitrogens with zero attached hydrogens (tertiary/aromatic N) is 1. The molecule has 1 amide bonds. The Morgan fingerprint density at radius 2 is 2.04 bits per heavy atom. The number of para-hydroxylation sites is 1. The predicted molar refractivity (Wildman–Crippen MR) is 90.1 cm³/mol. The van der Waals surface area contributed by atoms with Gasteiger partial charge in [0.2, 0.25) is 10.0 Å². The highest BCUT2D eigenvalue weighted by molar-refractivity contribution is 7.92. The van der Waals surface area contributed by atoms with Gasteiger partial charge in [-0.15, -0.1) is 0 Å². The molecule has 1 heterocycles. The number of rotatable bonds is 4. The molecule has 0 spiro atoms. The molecule has 2 rings (SSSR count). The molecule has 128 valence electrons. The monoisotopic (exact) mass is 340 g/mol. The minimum atomic E-state index is -3.44. The van der Waals surface area contributed by atoms with E-state index in [0.717, 1.165) is 0 Å². The molecule has 0 aliphatic carbocycles. The van der Waals surface area contributed by atoms with E-state index in [9.17, 15) is 13.2 Å². The molecular formula is C16H24N2O4S. The number of carbonyl (C=O) groups is 1. The first kappa shape index (κ1) is 17.7. The second-order valence-electron chi connectivity index (χ2n) is 6.42. The molecule has 1 atom stereocenters. The van der Waals surface area contributed by atoms with Gasteiger partial charge in [-0.1, -0.05) is 12.1 Å². The van der Waals surface area contributed by atoms with E-state index in [1.807, 2.05) is 20.8 Å². The molecule has 1 aromatic carbocycles. The molecular weight excluding hydrogens is 316 g/mol. The normalized spacial score (nSPS) is 21.0. The number of morpholine rings is 1. The largest absolute Gasteiger partial charge is 0.369 e. The first-order valence-corrected chi connectivity index (χ1v) is 9.35. The molecule has 0 radical (unpaired) electrons. The Balaban J connectivity index is 2.29. The maximum Gasteiger partial charge on any atom is 0.256 e. The summed E-state index contributed by atoms with van der Waals surface area (Å²) >= 11 is 0. The van der Waals surface area contributed by atoms with Crippen molar-refractivity contribution in [2.75, 3.05) is 23.6 Å². The standard InChI is InChI=1S/C16H24N2O4S/c1-5-23(20,21)17-14-9-7-6-8-13(14)15(19)18-10-12(2)22-16(3,4)11-18/h6-9,12,17H,5,10-11H2,1-4H3. The summed E-state index contributed by atoms with van der Waals surface area (Å²) in [7, 11) is -3.44.